The van der Waals surface area contributed by atoms with E-state index in [-0.39, 0.29) is 5.78 Å². The number of thiophene rings is 1. The number of aryl methyl sites for hydroxylation is 1. The Morgan fingerprint density at radius 1 is 1.29 bits per heavy atom. The molecule has 1 nitrogen and oxygen atoms in total. The van der Waals surface area contributed by atoms with Crippen LogP contribution in [0.25, 0.3) is 0 Å². The Morgan fingerprint density at radius 3 is 2.47 bits per heavy atom. The molecule has 1 aliphatic rings. The highest BCUT2D eigenvalue weighted by atomic mass is 32.1. The minimum absolute atomic E-state index is 0.250. The first-order chi connectivity index (χ1) is 8.03. The van der Waals surface area contributed by atoms with Gasteiger partial charge in [0.15, 0.2) is 5.78 Å². The van der Waals surface area contributed by atoms with E-state index in [1.54, 1.807) is 18.3 Å². The van der Waals surface area contributed by atoms with Crippen LogP contribution in [0.15, 0.2) is 0 Å². The zero-order valence-corrected chi connectivity index (χ0v) is 12.2. The molecule has 2 heteroatoms. The molecular weight excluding hydrogens is 228 g/mol. The molecule has 0 radical (unpaired) electrons. The van der Waals surface area contributed by atoms with E-state index in [0.717, 1.165) is 11.3 Å². The molecule has 0 bridgehead atoms. The van der Waals surface area contributed by atoms with E-state index in [1.807, 2.05) is 0 Å². The van der Waals surface area contributed by atoms with Gasteiger partial charge in [-0.25, -0.2) is 0 Å². The van der Waals surface area contributed by atoms with Crippen LogP contribution < -0.4 is 0 Å². The second-order valence-electron chi connectivity index (χ2n) is 5.38. The van der Waals surface area contributed by atoms with E-state index >= 15 is 0 Å². The molecule has 0 spiro atoms. The van der Waals surface area contributed by atoms with Gasteiger partial charge in [0.05, 0.1) is 4.88 Å². The predicted molar refractivity (Wildman–Crippen MR) is 74.1 cm³/mol. The summed E-state index contributed by atoms with van der Waals surface area (Å²) in [6.07, 6.45) is 6.06. The van der Waals surface area contributed by atoms with Gasteiger partial charge >= 0.3 is 0 Å². The highest BCUT2D eigenvalue weighted by molar-refractivity contribution is 7.14. The first-order valence-electron chi connectivity index (χ1n) is 6.65. The van der Waals surface area contributed by atoms with Crippen molar-refractivity contribution in [1.29, 1.82) is 0 Å². The van der Waals surface area contributed by atoms with Crippen LogP contribution in [0, 0.1) is 12.3 Å². The Bertz CT molecular complexity index is 438. The highest BCUT2D eigenvalue weighted by Crippen LogP contribution is 2.45. The number of ketones is 1. The van der Waals surface area contributed by atoms with Gasteiger partial charge in [-0.15, -0.1) is 11.3 Å². The molecule has 0 saturated heterocycles. The summed E-state index contributed by atoms with van der Waals surface area (Å²) >= 11 is 1.71. The zero-order chi connectivity index (χ0) is 12.6. The normalized spacial score (nSPS) is 17.9. The maximum Gasteiger partial charge on any atom is 0.170 e. The fourth-order valence-corrected chi connectivity index (χ4v) is 4.23. The quantitative estimate of drug-likeness (QED) is 0.719. The van der Waals surface area contributed by atoms with Crippen LogP contribution in [0.1, 0.15) is 65.7 Å². The molecule has 17 heavy (non-hydrogen) atoms. The van der Waals surface area contributed by atoms with Gasteiger partial charge in [0.2, 0.25) is 0 Å². The number of hydrogen-bond acceptors (Lipinski definition) is 2. The van der Waals surface area contributed by atoms with E-state index in [1.165, 1.54) is 41.7 Å². The van der Waals surface area contributed by atoms with Gasteiger partial charge in [-0.1, -0.05) is 26.7 Å². The van der Waals surface area contributed by atoms with Gasteiger partial charge in [-0.3, -0.25) is 4.79 Å². The zero-order valence-electron chi connectivity index (χ0n) is 11.4. The van der Waals surface area contributed by atoms with Crippen molar-refractivity contribution in [3.63, 3.8) is 0 Å². The second-order valence-corrected chi connectivity index (χ2v) is 6.61. The van der Waals surface area contributed by atoms with Gasteiger partial charge in [0.1, 0.15) is 0 Å². The fourth-order valence-electron chi connectivity index (χ4n) is 3.11. The van der Waals surface area contributed by atoms with Gasteiger partial charge < -0.3 is 0 Å². The van der Waals surface area contributed by atoms with Crippen molar-refractivity contribution in [2.45, 2.75) is 59.8 Å². The lowest BCUT2D eigenvalue weighted by molar-refractivity contribution is 0.101. The van der Waals surface area contributed by atoms with Crippen molar-refractivity contribution in [2.75, 3.05) is 0 Å². The summed E-state index contributed by atoms with van der Waals surface area (Å²) in [7, 11) is 0. The Morgan fingerprint density at radius 2 is 1.94 bits per heavy atom. The number of rotatable bonds is 3. The SMILES string of the molecule is CCC1(CC)CCc2c(C(C)=O)sc(C)c2C1. The average Bonchev–Trinajstić information content (AvgIpc) is 2.66. The first-order valence-corrected chi connectivity index (χ1v) is 7.46. The summed E-state index contributed by atoms with van der Waals surface area (Å²) in [6.45, 7) is 8.49. The van der Waals surface area contributed by atoms with Crippen LogP contribution in [-0.4, -0.2) is 5.78 Å². The predicted octanol–water partition coefficient (Wildman–Crippen LogP) is 4.55. The highest BCUT2D eigenvalue weighted by Gasteiger charge is 2.34. The average molecular weight is 250 g/mol. The molecule has 0 aliphatic heterocycles. The molecule has 0 saturated carbocycles. The molecule has 0 aromatic carbocycles. The summed E-state index contributed by atoms with van der Waals surface area (Å²) < 4.78 is 0. The Kier molecular flexibility index (Phi) is 3.44. The maximum absolute atomic E-state index is 11.6. The minimum atomic E-state index is 0.250. The number of Topliss-reactive ketones (excluding diaryl/α,β-unsaturated/α-hetero) is 1. The molecule has 0 atom stereocenters. The molecule has 0 fully saturated rings. The summed E-state index contributed by atoms with van der Waals surface area (Å²) in [6, 6.07) is 0. The van der Waals surface area contributed by atoms with Crippen molar-refractivity contribution >= 4 is 17.1 Å². The van der Waals surface area contributed by atoms with Crippen LogP contribution in [0.2, 0.25) is 0 Å². The van der Waals surface area contributed by atoms with E-state index in [4.69, 9.17) is 0 Å². The van der Waals surface area contributed by atoms with E-state index in [0.29, 0.717) is 5.41 Å². The number of carbonyl (C=O) groups is 1. The van der Waals surface area contributed by atoms with Crippen LogP contribution in [0.4, 0.5) is 0 Å². The van der Waals surface area contributed by atoms with Gasteiger partial charge in [0, 0.05) is 4.88 Å². The summed E-state index contributed by atoms with van der Waals surface area (Å²) in [5.41, 5.74) is 3.36. The molecule has 1 aromatic heterocycles. The van der Waals surface area contributed by atoms with Crippen molar-refractivity contribution in [2.24, 2.45) is 5.41 Å². The number of fused-ring (bicyclic) bond motifs is 1. The Labute approximate surface area is 108 Å². The summed E-state index contributed by atoms with van der Waals surface area (Å²) in [5, 5.41) is 0. The lowest BCUT2D eigenvalue weighted by Gasteiger charge is -2.36. The van der Waals surface area contributed by atoms with E-state index in [9.17, 15) is 4.79 Å². The van der Waals surface area contributed by atoms with E-state index in [2.05, 4.69) is 20.8 Å². The van der Waals surface area contributed by atoms with Crippen LogP contribution in [0.3, 0.4) is 0 Å². The molecule has 2 rings (SSSR count). The smallest absolute Gasteiger partial charge is 0.170 e. The number of carbonyl (C=O) groups excluding carboxylic acids is 1. The minimum Gasteiger partial charge on any atom is -0.294 e. The van der Waals surface area contributed by atoms with Crippen LogP contribution in [-0.2, 0) is 12.8 Å². The summed E-state index contributed by atoms with van der Waals surface area (Å²) in [5.74, 6) is 0.250. The molecule has 1 aliphatic carbocycles. The first kappa shape index (κ1) is 12.8. The third-order valence-electron chi connectivity index (χ3n) is 4.60. The molecule has 0 N–H and O–H groups in total. The van der Waals surface area contributed by atoms with Crippen molar-refractivity contribution in [1.82, 2.24) is 0 Å². The third kappa shape index (κ3) is 2.08. The molecular formula is C15H22OS. The fraction of sp³-hybridized carbons (Fsp3) is 0.667. The topological polar surface area (TPSA) is 17.1 Å². The van der Waals surface area contributed by atoms with Gasteiger partial charge in [-0.2, -0.15) is 0 Å². The molecule has 94 valence electrons. The molecule has 1 aromatic rings. The standard InChI is InChI=1S/C15H22OS/c1-5-15(6-2)8-7-12-13(9-15)11(4)17-14(12)10(3)16/h5-9H2,1-4H3. The summed E-state index contributed by atoms with van der Waals surface area (Å²) in [4.78, 5) is 14.0. The monoisotopic (exact) mass is 250 g/mol. The largest absolute Gasteiger partial charge is 0.294 e. The van der Waals surface area contributed by atoms with Crippen molar-refractivity contribution < 1.29 is 4.79 Å². The van der Waals surface area contributed by atoms with Gasteiger partial charge in [-0.05, 0) is 49.7 Å². The molecule has 0 amide bonds. The Hall–Kier alpha value is -0.630. The second kappa shape index (κ2) is 4.56. The lowest BCUT2D eigenvalue weighted by atomic mass is 9.68. The van der Waals surface area contributed by atoms with Crippen LogP contribution in [0.5, 0.6) is 0 Å². The lowest BCUT2D eigenvalue weighted by Crippen LogP contribution is -2.27. The van der Waals surface area contributed by atoms with Crippen molar-refractivity contribution in [3.8, 4) is 0 Å². The molecule has 1 heterocycles. The third-order valence-corrected chi connectivity index (χ3v) is 5.89. The Balaban J connectivity index is 2.42. The maximum atomic E-state index is 11.6. The molecule has 0 unspecified atom stereocenters. The van der Waals surface area contributed by atoms with E-state index < -0.39 is 0 Å². The van der Waals surface area contributed by atoms with Gasteiger partial charge in [0.25, 0.3) is 0 Å². The van der Waals surface area contributed by atoms with Crippen molar-refractivity contribution in [3.05, 3.63) is 20.9 Å². The van der Waals surface area contributed by atoms with Crippen LogP contribution >= 0.6 is 11.3 Å². The number of hydrogen-bond donors (Lipinski definition) is 0.